The molecular weight excluding hydrogens is 548 g/mol. The lowest BCUT2D eigenvalue weighted by Gasteiger charge is -2.09. The average molecular weight is 564 g/mol. The van der Waals surface area contributed by atoms with E-state index in [-0.39, 0.29) is 24.5 Å². The Balaban J connectivity index is 2.02. The zero-order valence-corrected chi connectivity index (χ0v) is 20.3. The number of aliphatic hydroxyl groups is 1. The Kier molecular flexibility index (Phi) is 7.96. The zero-order chi connectivity index (χ0) is 22.4. The molecule has 31 heavy (non-hydrogen) atoms. The number of aliphatic imine (C=N–C) groups is 1. The second kappa shape index (κ2) is 10.7. The minimum Gasteiger partial charge on any atom is -0.506 e. The van der Waals surface area contributed by atoms with E-state index < -0.39 is 5.97 Å². The van der Waals surface area contributed by atoms with Crippen molar-refractivity contribution in [1.82, 2.24) is 0 Å². The highest BCUT2D eigenvalue weighted by atomic mass is 79.9. The maximum atomic E-state index is 12.5. The Morgan fingerprint density at radius 1 is 1.26 bits per heavy atom. The fourth-order valence-corrected chi connectivity index (χ4v) is 5.15. The van der Waals surface area contributed by atoms with Crippen LogP contribution in [0.15, 0.2) is 72.6 Å². The summed E-state index contributed by atoms with van der Waals surface area (Å²) in [7, 11) is 0. The summed E-state index contributed by atoms with van der Waals surface area (Å²) in [6, 6.07) is 14.7. The summed E-state index contributed by atoms with van der Waals surface area (Å²) in [5, 5.41) is 19.9. The van der Waals surface area contributed by atoms with Crippen LogP contribution in [-0.2, 0) is 9.53 Å². The first-order valence-electron chi connectivity index (χ1n) is 9.07. The number of thioether (sulfide) groups is 1. The quantitative estimate of drug-likeness (QED) is 0.414. The summed E-state index contributed by atoms with van der Waals surface area (Å²) in [6.45, 7) is 1.80. The number of hydrogen-bond donors (Lipinski definition) is 1. The van der Waals surface area contributed by atoms with E-state index >= 15 is 0 Å². The van der Waals surface area contributed by atoms with Gasteiger partial charge in [0.1, 0.15) is 28.2 Å². The minimum absolute atomic E-state index is 0.0362. The summed E-state index contributed by atoms with van der Waals surface area (Å²) in [5.41, 5.74) is 1.43. The van der Waals surface area contributed by atoms with Crippen LogP contribution in [-0.4, -0.2) is 29.3 Å². The molecule has 0 unspecified atom stereocenters. The third-order valence-electron chi connectivity index (χ3n) is 3.96. The molecule has 0 amide bonds. The molecule has 2 aromatic carbocycles. The topological polar surface area (TPSA) is 91.9 Å². The van der Waals surface area contributed by atoms with Crippen molar-refractivity contribution in [1.29, 1.82) is 5.26 Å². The number of carbonyl (C=O) groups is 1. The van der Waals surface area contributed by atoms with Crippen molar-refractivity contribution in [2.75, 3.05) is 13.2 Å². The van der Waals surface area contributed by atoms with E-state index in [1.54, 1.807) is 25.1 Å². The van der Waals surface area contributed by atoms with Gasteiger partial charge in [0.15, 0.2) is 6.61 Å². The van der Waals surface area contributed by atoms with Gasteiger partial charge in [-0.1, -0.05) is 30.0 Å². The molecule has 6 nitrogen and oxygen atoms in total. The number of nitrogens with zero attached hydrogens (tertiary/aromatic N) is 2. The van der Waals surface area contributed by atoms with Gasteiger partial charge in [-0.3, -0.25) is 0 Å². The lowest BCUT2D eigenvalue weighted by atomic mass is 10.1. The van der Waals surface area contributed by atoms with Crippen LogP contribution in [0.25, 0.3) is 6.08 Å². The molecule has 158 valence electrons. The third kappa shape index (κ3) is 5.58. The van der Waals surface area contributed by atoms with Gasteiger partial charge < -0.3 is 14.6 Å². The number of carbonyl (C=O) groups excluding carboxylic acids is 1. The molecule has 1 N–H and O–H groups in total. The highest BCUT2D eigenvalue weighted by molar-refractivity contribution is 9.11. The van der Waals surface area contributed by atoms with Gasteiger partial charge in [0.2, 0.25) is 0 Å². The summed E-state index contributed by atoms with van der Waals surface area (Å²) >= 11 is 8.04. The maximum Gasteiger partial charge on any atom is 0.344 e. The summed E-state index contributed by atoms with van der Waals surface area (Å²) < 4.78 is 11.8. The molecule has 0 atom stereocenters. The molecule has 1 heterocycles. The summed E-state index contributed by atoms with van der Waals surface area (Å²) in [6.07, 6.45) is 1.73. The van der Waals surface area contributed by atoms with E-state index in [2.05, 4.69) is 36.9 Å². The molecule has 0 radical (unpaired) electrons. The van der Waals surface area contributed by atoms with Crippen molar-refractivity contribution >= 4 is 66.4 Å². The van der Waals surface area contributed by atoms with Crippen LogP contribution in [0.1, 0.15) is 12.5 Å². The molecule has 3 rings (SSSR count). The van der Waals surface area contributed by atoms with Gasteiger partial charge in [-0.2, -0.15) is 5.26 Å². The van der Waals surface area contributed by atoms with E-state index in [0.717, 1.165) is 5.56 Å². The van der Waals surface area contributed by atoms with Crippen LogP contribution in [0.4, 0.5) is 5.69 Å². The van der Waals surface area contributed by atoms with Gasteiger partial charge >= 0.3 is 5.97 Å². The third-order valence-corrected chi connectivity index (χ3v) is 6.15. The Labute approximate surface area is 200 Å². The maximum absolute atomic E-state index is 12.5. The number of hydrogen-bond acceptors (Lipinski definition) is 7. The molecule has 0 spiro atoms. The summed E-state index contributed by atoms with van der Waals surface area (Å²) in [4.78, 5) is 17.5. The van der Waals surface area contributed by atoms with Gasteiger partial charge in [0.05, 0.1) is 26.1 Å². The van der Waals surface area contributed by atoms with Crippen molar-refractivity contribution < 1.29 is 19.4 Å². The molecule has 0 fully saturated rings. The minimum atomic E-state index is -0.631. The highest BCUT2D eigenvalue weighted by Gasteiger charge is 2.33. The molecule has 0 bridgehead atoms. The Morgan fingerprint density at radius 3 is 2.55 bits per heavy atom. The van der Waals surface area contributed by atoms with Crippen LogP contribution in [0.2, 0.25) is 0 Å². The number of esters is 1. The Morgan fingerprint density at radius 2 is 1.94 bits per heavy atom. The predicted octanol–water partition coefficient (Wildman–Crippen LogP) is 6.31. The standard InChI is InChI=1S/C22H16Br2N2O4S/c1-2-29-22(28)18-19(27)17(31-21(18)26-14-6-4-3-5-7-14)12-13-10-15(23)20(16(24)11-13)30-9-8-25/h3-7,10-12,27H,2,9H2,1H3/b17-12-,26-21?. The molecule has 1 aliphatic heterocycles. The molecule has 0 saturated carbocycles. The molecule has 1 aliphatic rings. The van der Waals surface area contributed by atoms with Crippen LogP contribution in [0, 0.1) is 11.3 Å². The lowest BCUT2D eigenvalue weighted by molar-refractivity contribution is -0.138. The molecule has 0 saturated heterocycles. The highest BCUT2D eigenvalue weighted by Crippen LogP contribution is 2.42. The molecule has 9 heteroatoms. The van der Waals surface area contributed by atoms with Gasteiger partial charge in [-0.25, -0.2) is 9.79 Å². The van der Waals surface area contributed by atoms with Crippen molar-refractivity contribution in [3.63, 3.8) is 0 Å². The zero-order valence-electron chi connectivity index (χ0n) is 16.3. The van der Waals surface area contributed by atoms with Gasteiger partial charge in [-0.15, -0.1) is 0 Å². The Hall–Kier alpha value is -2.54. The second-order valence-electron chi connectivity index (χ2n) is 6.07. The van der Waals surface area contributed by atoms with Gasteiger partial charge in [0, 0.05) is 0 Å². The van der Waals surface area contributed by atoms with Crippen LogP contribution in [0.3, 0.4) is 0 Å². The first kappa shape index (κ1) is 23.1. The Bertz CT molecular complexity index is 1110. The predicted molar refractivity (Wildman–Crippen MR) is 128 cm³/mol. The van der Waals surface area contributed by atoms with E-state index in [1.165, 1.54) is 11.8 Å². The van der Waals surface area contributed by atoms with Crippen LogP contribution in [0.5, 0.6) is 5.75 Å². The normalized spacial score (nSPS) is 15.9. The van der Waals surface area contributed by atoms with Crippen molar-refractivity contribution in [3.8, 4) is 11.8 Å². The smallest absolute Gasteiger partial charge is 0.344 e. The first-order chi connectivity index (χ1) is 14.9. The van der Waals surface area contributed by atoms with E-state index in [0.29, 0.717) is 30.3 Å². The van der Waals surface area contributed by atoms with Crippen LogP contribution < -0.4 is 4.74 Å². The van der Waals surface area contributed by atoms with Gasteiger partial charge in [0.25, 0.3) is 0 Å². The average Bonchev–Trinajstić information content (AvgIpc) is 3.03. The second-order valence-corrected chi connectivity index (χ2v) is 8.81. The molecule has 2 aromatic rings. The number of rotatable bonds is 6. The number of ether oxygens (including phenoxy) is 2. The van der Waals surface area contributed by atoms with E-state index in [1.807, 2.05) is 36.4 Å². The molecule has 0 aromatic heterocycles. The number of halogens is 2. The van der Waals surface area contributed by atoms with Crippen molar-refractivity contribution in [2.45, 2.75) is 6.92 Å². The fraction of sp³-hybridized carbons (Fsp3) is 0.136. The first-order valence-corrected chi connectivity index (χ1v) is 11.5. The molecular formula is C22H16Br2N2O4S. The van der Waals surface area contributed by atoms with Crippen LogP contribution >= 0.6 is 43.6 Å². The lowest BCUT2D eigenvalue weighted by Crippen LogP contribution is -2.12. The fourth-order valence-electron chi connectivity index (χ4n) is 2.67. The summed E-state index contributed by atoms with van der Waals surface area (Å²) in [5.74, 6) is -0.315. The van der Waals surface area contributed by atoms with E-state index in [4.69, 9.17) is 14.7 Å². The number of para-hydroxylation sites is 1. The molecule has 0 aliphatic carbocycles. The van der Waals surface area contributed by atoms with Gasteiger partial charge in [-0.05, 0) is 74.7 Å². The van der Waals surface area contributed by atoms with Crippen molar-refractivity contribution in [2.24, 2.45) is 4.99 Å². The van der Waals surface area contributed by atoms with Crippen molar-refractivity contribution in [3.05, 3.63) is 73.2 Å². The largest absolute Gasteiger partial charge is 0.506 e. The SMILES string of the molecule is CCOC(=O)C1=C(O)/C(=C/c2cc(Br)c(OCC#N)c(Br)c2)SC1=Nc1ccccc1. The monoisotopic (exact) mass is 562 g/mol. The number of benzene rings is 2. The number of aliphatic hydroxyl groups excluding tert-OH is 1. The number of nitriles is 1. The van der Waals surface area contributed by atoms with E-state index in [9.17, 15) is 9.90 Å².